The highest BCUT2D eigenvalue weighted by Crippen LogP contribution is 2.24. The molecular formula is C22H22ClFN4O2. The molecule has 1 aliphatic heterocycles. The summed E-state index contributed by atoms with van der Waals surface area (Å²) in [5.74, 6) is 0.981. The molecule has 8 heteroatoms. The third-order valence-electron chi connectivity index (χ3n) is 5.01. The largest absolute Gasteiger partial charge is 0.484 e. The lowest BCUT2D eigenvalue weighted by Gasteiger charge is -2.33. The van der Waals surface area contributed by atoms with Crippen LogP contribution in [-0.2, 0) is 4.79 Å². The summed E-state index contributed by atoms with van der Waals surface area (Å²) in [5, 5.41) is 11.1. The van der Waals surface area contributed by atoms with E-state index >= 15 is 0 Å². The molecule has 3 aromatic rings. The number of H-pyrrole nitrogens is 1. The van der Waals surface area contributed by atoms with E-state index in [0.717, 1.165) is 36.5 Å². The molecule has 2 N–H and O–H groups in total. The third kappa shape index (κ3) is 5.10. The van der Waals surface area contributed by atoms with E-state index in [0.29, 0.717) is 17.3 Å². The van der Waals surface area contributed by atoms with E-state index in [1.54, 1.807) is 36.4 Å². The Balaban J connectivity index is 1.31. The van der Waals surface area contributed by atoms with Gasteiger partial charge in [0.05, 0.1) is 5.69 Å². The number of piperidine rings is 1. The summed E-state index contributed by atoms with van der Waals surface area (Å²) in [6.07, 6.45) is 1.85. The number of halogens is 2. The van der Waals surface area contributed by atoms with Crippen molar-refractivity contribution in [1.82, 2.24) is 15.5 Å². The number of carbonyl (C=O) groups excluding carboxylic acids is 1. The van der Waals surface area contributed by atoms with Crippen LogP contribution < -0.4 is 15.0 Å². The van der Waals surface area contributed by atoms with E-state index in [9.17, 15) is 9.18 Å². The van der Waals surface area contributed by atoms with Crippen LogP contribution >= 0.6 is 11.6 Å². The van der Waals surface area contributed by atoms with Gasteiger partial charge in [-0.1, -0.05) is 11.6 Å². The third-order valence-corrected chi connectivity index (χ3v) is 5.27. The van der Waals surface area contributed by atoms with Gasteiger partial charge in [0.2, 0.25) is 0 Å². The van der Waals surface area contributed by atoms with Crippen molar-refractivity contribution in [3.63, 3.8) is 0 Å². The maximum absolute atomic E-state index is 13.1. The maximum Gasteiger partial charge on any atom is 0.258 e. The number of benzene rings is 2. The first kappa shape index (κ1) is 20.2. The molecule has 6 nitrogen and oxygen atoms in total. The molecule has 0 aliphatic carbocycles. The normalized spacial score (nSPS) is 16.3. The SMILES string of the molecule is O=C(COc1ccc(Cl)cc1)NC1CCCN(c2cc(-c3ccc(F)cc3)[nH]n2)C1. The van der Waals surface area contributed by atoms with Crippen molar-refractivity contribution >= 4 is 23.3 Å². The van der Waals surface area contributed by atoms with E-state index in [1.807, 2.05) is 6.07 Å². The van der Waals surface area contributed by atoms with Crippen LogP contribution in [0, 0.1) is 5.82 Å². The van der Waals surface area contributed by atoms with Gasteiger partial charge in [0.1, 0.15) is 11.6 Å². The Kier molecular flexibility index (Phi) is 6.18. The number of aromatic amines is 1. The van der Waals surface area contributed by atoms with Crippen molar-refractivity contribution in [3.8, 4) is 17.0 Å². The van der Waals surface area contributed by atoms with Crippen molar-refractivity contribution in [3.05, 3.63) is 65.4 Å². The molecule has 1 atom stereocenters. The van der Waals surface area contributed by atoms with Gasteiger partial charge in [0, 0.05) is 30.2 Å². The number of nitrogens with one attached hydrogen (secondary N) is 2. The highest BCUT2D eigenvalue weighted by molar-refractivity contribution is 6.30. The van der Waals surface area contributed by atoms with Gasteiger partial charge in [-0.2, -0.15) is 5.10 Å². The lowest BCUT2D eigenvalue weighted by atomic mass is 10.1. The Morgan fingerprint density at radius 1 is 1.23 bits per heavy atom. The number of hydrogen-bond acceptors (Lipinski definition) is 4. The maximum atomic E-state index is 13.1. The fraction of sp³-hybridized carbons (Fsp3) is 0.273. The van der Waals surface area contributed by atoms with Gasteiger partial charge in [0.15, 0.2) is 12.4 Å². The average Bonchev–Trinajstić information content (AvgIpc) is 3.24. The number of nitrogens with zero attached hydrogens (tertiary/aromatic N) is 2. The Morgan fingerprint density at radius 2 is 2.00 bits per heavy atom. The van der Waals surface area contributed by atoms with Crippen molar-refractivity contribution in [2.24, 2.45) is 0 Å². The second-order valence-corrected chi connectivity index (χ2v) is 7.68. The highest BCUT2D eigenvalue weighted by Gasteiger charge is 2.23. The summed E-state index contributed by atoms with van der Waals surface area (Å²) < 4.78 is 18.6. The van der Waals surface area contributed by atoms with Crippen LogP contribution in [0.5, 0.6) is 5.75 Å². The van der Waals surface area contributed by atoms with Crippen molar-refractivity contribution < 1.29 is 13.9 Å². The first-order valence-electron chi connectivity index (χ1n) is 9.81. The van der Waals surface area contributed by atoms with Crippen LogP contribution in [-0.4, -0.2) is 41.8 Å². The number of rotatable bonds is 6. The molecule has 0 bridgehead atoms. The quantitative estimate of drug-likeness (QED) is 0.621. The molecule has 156 valence electrons. The van der Waals surface area contributed by atoms with E-state index in [2.05, 4.69) is 20.4 Å². The molecular weight excluding hydrogens is 407 g/mol. The van der Waals surface area contributed by atoms with Gasteiger partial charge < -0.3 is 15.0 Å². The lowest BCUT2D eigenvalue weighted by molar-refractivity contribution is -0.123. The summed E-state index contributed by atoms with van der Waals surface area (Å²) in [6, 6.07) is 15.1. The predicted octanol–water partition coefficient (Wildman–Crippen LogP) is 4.03. The zero-order chi connectivity index (χ0) is 20.9. The number of aromatic nitrogens is 2. The van der Waals surface area contributed by atoms with Crippen molar-refractivity contribution in [2.45, 2.75) is 18.9 Å². The smallest absolute Gasteiger partial charge is 0.258 e. The second-order valence-electron chi connectivity index (χ2n) is 7.24. The molecule has 1 aromatic heterocycles. The van der Waals surface area contributed by atoms with E-state index < -0.39 is 0 Å². The number of carbonyl (C=O) groups is 1. The predicted molar refractivity (Wildman–Crippen MR) is 114 cm³/mol. The zero-order valence-electron chi connectivity index (χ0n) is 16.3. The molecule has 1 aliphatic rings. The van der Waals surface area contributed by atoms with Crippen molar-refractivity contribution in [2.75, 3.05) is 24.6 Å². The summed E-state index contributed by atoms with van der Waals surface area (Å²) in [6.45, 7) is 1.48. The Labute approximate surface area is 179 Å². The molecule has 1 unspecified atom stereocenters. The summed E-state index contributed by atoms with van der Waals surface area (Å²) in [4.78, 5) is 14.4. The number of anilines is 1. The lowest BCUT2D eigenvalue weighted by Crippen LogP contribution is -2.49. The van der Waals surface area contributed by atoms with E-state index in [-0.39, 0.29) is 24.4 Å². The molecule has 0 saturated carbocycles. The van der Waals surface area contributed by atoms with Gasteiger partial charge >= 0.3 is 0 Å². The minimum atomic E-state index is -0.270. The monoisotopic (exact) mass is 428 g/mol. The van der Waals surface area contributed by atoms with Gasteiger partial charge in [-0.25, -0.2) is 4.39 Å². The van der Waals surface area contributed by atoms with Gasteiger partial charge in [-0.3, -0.25) is 9.89 Å². The molecule has 4 rings (SSSR count). The Hall–Kier alpha value is -3.06. The van der Waals surface area contributed by atoms with Crippen LogP contribution in [0.1, 0.15) is 12.8 Å². The summed E-state index contributed by atoms with van der Waals surface area (Å²) in [5.41, 5.74) is 1.70. The van der Waals surface area contributed by atoms with Crippen molar-refractivity contribution in [1.29, 1.82) is 0 Å². The van der Waals surface area contributed by atoms with Gasteiger partial charge in [0.25, 0.3) is 5.91 Å². The van der Waals surface area contributed by atoms with Crippen LogP contribution in [0.3, 0.4) is 0 Å². The minimum Gasteiger partial charge on any atom is -0.484 e. The molecule has 2 aromatic carbocycles. The Bertz CT molecular complexity index is 991. The fourth-order valence-electron chi connectivity index (χ4n) is 3.50. The molecule has 30 heavy (non-hydrogen) atoms. The number of ether oxygens (including phenoxy) is 1. The minimum absolute atomic E-state index is 0.0195. The molecule has 0 spiro atoms. The molecule has 1 saturated heterocycles. The zero-order valence-corrected chi connectivity index (χ0v) is 17.0. The highest BCUT2D eigenvalue weighted by atomic mass is 35.5. The topological polar surface area (TPSA) is 70.2 Å². The van der Waals surface area contributed by atoms with Gasteiger partial charge in [-0.15, -0.1) is 0 Å². The number of amides is 1. The van der Waals surface area contributed by atoms with Crippen LogP contribution in [0.2, 0.25) is 5.02 Å². The average molecular weight is 429 g/mol. The molecule has 2 heterocycles. The van der Waals surface area contributed by atoms with E-state index in [4.69, 9.17) is 16.3 Å². The fourth-order valence-corrected chi connectivity index (χ4v) is 3.63. The molecule has 0 radical (unpaired) electrons. The molecule has 1 amide bonds. The van der Waals surface area contributed by atoms with Crippen LogP contribution in [0.4, 0.5) is 10.2 Å². The number of hydrogen-bond donors (Lipinski definition) is 2. The van der Waals surface area contributed by atoms with E-state index in [1.165, 1.54) is 12.1 Å². The first-order chi connectivity index (χ1) is 14.6. The summed E-state index contributed by atoms with van der Waals surface area (Å²) >= 11 is 5.85. The van der Waals surface area contributed by atoms with Crippen LogP contribution in [0.25, 0.3) is 11.3 Å². The standard InChI is InChI=1S/C22H22ClFN4O2/c23-16-5-9-19(10-6-16)30-14-22(29)25-18-2-1-11-28(13-18)21-12-20(26-27-21)15-3-7-17(24)8-4-15/h3-10,12,18H,1-2,11,13-14H2,(H,25,29)(H,26,27). The summed E-state index contributed by atoms with van der Waals surface area (Å²) in [7, 11) is 0. The molecule has 1 fully saturated rings. The van der Waals surface area contributed by atoms with Gasteiger partial charge in [-0.05, 0) is 66.9 Å². The van der Waals surface area contributed by atoms with Crippen LogP contribution in [0.15, 0.2) is 54.6 Å². The Morgan fingerprint density at radius 3 is 2.77 bits per heavy atom. The first-order valence-corrected chi connectivity index (χ1v) is 10.2. The second kappa shape index (κ2) is 9.17.